The monoisotopic (exact) mass is 331 g/mol. The first-order valence-electron chi connectivity index (χ1n) is 6.59. The molecule has 0 N–H and O–H groups in total. The van der Waals surface area contributed by atoms with E-state index in [1.54, 1.807) is 35.9 Å². The smallest absolute Gasteiger partial charge is 0.407 e. The van der Waals surface area contributed by atoms with Crippen molar-refractivity contribution < 1.29 is 19.0 Å². The van der Waals surface area contributed by atoms with Crippen LogP contribution in [0, 0.1) is 0 Å². The predicted octanol–water partition coefficient (Wildman–Crippen LogP) is 3.54. The van der Waals surface area contributed by atoms with E-state index >= 15 is 0 Å². The summed E-state index contributed by atoms with van der Waals surface area (Å²) in [7, 11) is 1.48. The molecule has 0 aliphatic rings. The van der Waals surface area contributed by atoms with Gasteiger partial charge in [0.1, 0.15) is 0 Å². The number of hydrogen-bond acceptors (Lipinski definition) is 4. The van der Waals surface area contributed by atoms with E-state index in [-0.39, 0.29) is 5.88 Å². The van der Waals surface area contributed by atoms with Gasteiger partial charge in [-0.2, -0.15) is 0 Å². The lowest BCUT2D eigenvalue weighted by atomic mass is 10.3. The standard InChI is InChI=1S/C14H22ClNO4Si/c1-16(21(3,4)5)14(17)20-12-9-7-6-8-11(12)19-13(10-15)18-2/h6-9,13H,10H2,1-5H3. The zero-order valence-corrected chi connectivity index (χ0v) is 14.8. The minimum atomic E-state index is -1.77. The number of nitrogens with zero attached hydrogens (tertiary/aromatic N) is 1. The van der Waals surface area contributed by atoms with Gasteiger partial charge < -0.3 is 18.8 Å². The number of halogens is 1. The Morgan fingerprint density at radius 1 is 1.29 bits per heavy atom. The minimum Gasteiger partial charge on any atom is -0.460 e. The third-order valence-corrected chi connectivity index (χ3v) is 5.42. The lowest BCUT2D eigenvalue weighted by molar-refractivity contribution is -0.0367. The topological polar surface area (TPSA) is 48.0 Å². The van der Waals surface area contributed by atoms with Crippen LogP contribution in [0.2, 0.25) is 19.6 Å². The Hall–Kier alpha value is -1.24. The van der Waals surface area contributed by atoms with Crippen molar-refractivity contribution in [2.75, 3.05) is 20.0 Å². The quantitative estimate of drug-likeness (QED) is 0.454. The van der Waals surface area contributed by atoms with Gasteiger partial charge in [0.05, 0.1) is 5.88 Å². The van der Waals surface area contributed by atoms with E-state index in [1.807, 2.05) is 0 Å². The molecule has 0 heterocycles. The molecule has 1 amide bonds. The molecule has 0 fully saturated rings. The molecule has 0 spiro atoms. The van der Waals surface area contributed by atoms with E-state index in [4.69, 9.17) is 25.8 Å². The van der Waals surface area contributed by atoms with Gasteiger partial charge in [-0.15, -0.1) is 11.6 Å². The number of benzene rings is 1. The minimum absolute atomic E-state index is 0.174. The average molecular weight is 332 g/mol. The van der Waals surface area contributed by atoms with E-state index in [0.717, 1.165) is 0 Å². The third kappa shape index (κ3) is 5.22. The first kappa shape index (κ1) is 17.8. The number of amides is 1. The molecule has 1 atom stereocenters. The van der Waals surface area contributed by atoms with Gasteiger partial charge in [-0.25, -0.2) is 4.79 Å². The van der Waals surface area contributed by atoms with Crippen LogP contribution in [0.15, 0.2) is 24.3 Å². The summed E-state index contributed by atoms with van der Waals surface area (Å²) < 4.78 is 17.7. The van der Waals surface area contributed by atoms with Crippen molar-refractivity contribution in [1.29, 1.82) is 0 Å². The second-order valence-corrected chi connectivity index (χ2v) is 10.8. The zero-order valence-electron chi connectivity index (χ0n) is 13.1. The van der Waals surface area contributed by atoms with E-state index < -0.39 is 20.6 Å². The number of methoxy groups -OCH3 is 1. The molecule has 118 valence electrons. The largest absolute Gasteiger partial charge is 0.460 e. The van der Waals surface area contributed by atoms with Gasteiger partial charge in [-0.3, -0.25) is 0 Å². The molecule has 0 radical (unpaired) electrons. The summed E-state index contributed by atoms with van der Waals surface area (Å²) in [6.45, 7) is 6.18. The molecule has 1 rings (SSSR count). The highest BCUT2D eigenvalue weighted by Crippen LogP contribution is 2.28. The van der Waals surface area contributed by atoms with Crippen LogP contribution in [-0.4, -0.2) is 45.2 Å². The van der Waals surface area contributed by atoms with Crippen LogP contribution in [0.1, 0.15) is 0 Å². The van der Waals surface area contributed by atoms with Gasteiger partial charge in [-0.05, 0) is 12.1 Å². The van der Waals surface area contributed by atoms with Crippen molar-refractivity contribution in [3.8, 4) is 11.5 Å². The van der Waals surface area contributed by atoms with Crippen LogP contribution >= 0.6 is 11.6 Å². The molecule has 0 saturated carbocycles. The van der Waals surface area contributed by atoms with Crippen molar-refractivity contribution >= 4 is 25.9 Å². The molecular formula is C14H22ClNO4Si. The van der Waals surface area contributed by atoms with Crippen molar-refractivity contribution in [3.63, 3.8) is 0 Å². The third-order valence-electron chi connectivity index (χ3n) is 2.97. The number of ether oxygens (including phenoxy) is 3. The van der Waals surface area contributed by atoms with E-state index in [2.05, 4.69) is 19.6 Å². The predicted molar refractivity (Wildman–Crippen MR) is 85.7 cm³/mol. The summed E-state index contributed by atoms with van der Waals surface area (Å²) >= 11 is 5.73. The maximum atomic E-state index is 12.2. The van der Waals surface area contributed by atoms with Crippen LogP contribution in [-0.2, 0) is 4.74 Å². The Balaban J connectivity index is 2.87. The number of para-hydroxylation sites is 2. The second-order valence-electron chi connectivity index (χ2n) is 5.48. The molecular weight excluding hydrogens is 310 g/mol. The average Bonchev–Trinajstić information content (AvgIpc) is 2.44. The molecule has 0 bridgehead atoms. The maximum absolute atomic E-state index is 12.2. The summed E-state index contributed by atoms with van der Waals surface area (Å²) in [4.78, 5) is 12.2. The lowest BCUT2D eigenvalue weighted by Crippen LogP contribution is -2.48. The molecule has 0 aromatic heterocycles. The number of carbonyl (C=O) groups is 1. The van der Waals surface area contributed by atoms with Crippen LogP contribution in [0.3, 0.4) is 0 Å². The summed E-state index contributed by atoms with van der Waals surface area (Å²) in [6, 6.07) is 6.93. The molecule has 1 aromatic rings. The lowest BCUT2D eigenvalue weighted by Gasteiger charge is -2.29. The van der Waals surface area contributed by atoms with E-state index in [9.17, 15) is 4.79 Å². The van der Waals surface area contributed by atoms with Crippen LogP contribution < -0.4 is 9.47 Å². The fourth-order valence-electron chi connectivity index (χ4n) is 1.35. The van der Waals surface area contributed by atoms with Gasteiger partial charge in [0.2, 0.25) is 6.29 Å². The SMILES string of the molecule is COC(CCl)Oc1ccccc1OC(=O)N(C)[Si](C)(C)C. The summed E-state index contributed by atoms with van der Waals surface area (Å²) in [5.74, 6) is 0.940. The Morgan fingerprint density at radius 3 is 2.33 bits per heavy atom. The van der Waals surface area contributed by atoms with Crippen LogP contribution in [0.25, 0.3) is 0 Å². The second kappa shape index (κ2) is 7.68. The van der Waals surface area contributed by atoms with Crippen molar-refractivity contribution in [1.82, 2.24) is 4.57 Å². The summed E-state index contributed by atoms with van der Waals surface area (Å²) in [5, 5.41) is 0. The molecule has 7 heteroatoms. The van der Waals surface area contributed by atoms with Crippen LogP contribution in [0.5, 0.6) is 11.5 Å². The first-order valence-corrected chi connectivity index (χ1v) is 10.6. The molecule has 5 nitrogen and oxygen atoms in total. The molecule has 0 aliphatic carbocycles. The van der Waals surface area contributed by atoms with E-state index in [1.165, 1.54) is 7.11 Å². The normalized spacial score (nSPS) is 12.7. The summed E-state index contributed by atoms with van der Waals surface area (Å²) in [5.41, 5.74) is 0. The van der Waals surface area contributed by atoms with Crippen molar-refractivity contribution in [2.45, 2.75) is 25.9 Å². The Morgan fingerprint density at radius 2 is 1.86 bits per heavy atom. The maximum Gasteiger partial charge on any atom is 0.407 e. The van der Waals surface area contributed by atoms with Crippen LogP contribution in [0.4, 0.5) is 4.79 Å². The Kier molecular flexibility index (Phi) is 6.51. The van der Waals surface area contributed by atoms with Gasteiger partial charge in [0.15, 0.2) is 19.7 Å². The van der Waals surface area contributed by atoms with Gasteiger partial charge >= 0.3 is 6.09 Å². The Bertz CT molecular complexity index is 474. The molecule has 1 unspecified atom stereocenters. The number of carbonyl (C=O) groups excluding carboxylic acids is 1. The van der Waals surface area contributed by atoms with Crippen molar-refractivity contribution in [2.24, 2.45) is 0 Å². The zero-order chi connectivity index (χ0) is 16.0. The van der Waals surface area contributed by atoms with Gasteiger partial charge in [-0.1, -0.05) is 31.8 Å². The highest BCUT2D eigenvalue weighted by molar-refractivity contribution is 6.75. The molecule has 21 heavy (non-hydrogen) atoms. The van der Waals surface area contributed by atoms with E-state index in [0.29, 0.717) is 11.5 Å². The molecule has 0 aliphatic heterocycles. The fourth-order valence-corrected chi connectivity index (χ4v) is 2.13. The number of hydrogen-bond donors (Lipinski definition) is 0. The first-order chi connectivity index (χ1) is 9.79. The Labute approximate surface area is 131 Å². The van der Waals surface area contributed by atoms with Gasteiger partial charge in [0.25, 0.3) is 0 Å². The highest BCUT2D eigenvalue weighted by Gasteiger charge is 2.27. The summed E-state index contributed by atoms with van der Waals surface area (Å²) in [6.07, 6.45) is -0.994. The molecule has 1 aromatic carbocycles. The van der Waals surface area contributed by atoms with Gasteiger partial charge in [0, 0.05) is 14.2 Å². The van der Waals surface area contributed by atoms with Crippen molar-refractivity contribution in [3.05, 3.63) is 24.3 Å². The number of alkyl halides is 1. The highest BCUT2D eigenvalue weighted by atomic mass is 35.5. The number of rotatable bonds is 6. The fraction of sp³-hybridized carbons (Fsp3) is 0.500. The molecule has 0 saturated heterocycles.